The van der Waals surface area contributed by atoms with Gasteiger partial charge in [0.15, 0.2) is 0 Å². The fraction of sp³-hybridized carbons (Fsp3) is 0.611. The summed E-state index contributed by atoms with van der Waals surface area (Å²) in [6.07, 6.45) is 8.61. The highest BCUT2D eigenvalue weighted by atomic mass is 16.5. The van der Waals surface area contributed by atoms with E-state index in [1.54, 1.807) is 6.20 Å². The van der Waals surface area contributed by atoms with E-state index in [4.69, 9.17) is 4.74 Å². The number of amides is 1. The lowest BCUT2D eigenvalue weighted by Gasteiger charge is -2.24. The molecule has 1 heterocycles. The number of methoxy groups -OCH3 is 1. The highest BCUT2D eigenvalue weighted by Crippen LogP contribution is 2.24. The topological polar surface area (TPSA) is 68.3 Å². The Bertz CT molecular complexity index is 504. The summed E-state index contributed by atoms with van der Waals surface area (Å²) < 4.78 is 4.90. The molecule has 2 rings (SSSR count). The number of carbonyl (C=O) groups is 2. The molecule has 1 aromatic heterocycles. The van der Waals surface area contributed by atoms with Crippen molar-refractivity contribution in [2.45, 2.75) is 57.4 Å². The molecule has 2 atom stereocenters. The predicted octanol–water partition coefficient (Wildman–Crippen LogP) is 2.64. The minimum absolute atomic E-state index is 0.0155. The van der Waals surface area contributed by atoms with Crippen molar-refractivity contribution < 1.29 is 14.3 Å². The van der Waals surface area contributed by atoms with Gasteiger partial charge < -0.3 is 10.1 Å². The van der Waals surface area contributed by atoms with Gasteiger partial charge in [0.1, 0.15) is 0 Å². The maximum atomic E-state index is 12.2. The minimum Gasteiger partial charge on any atom is -0.469 e. The lowest BCUT2D eigenvalue weighted by molar-refractivity contribution is -0.147. The molecule has 1 aliphatic rings. The Morgan fingerprint density at radius 3 is 2.83 bits per heavy atom. The number of ether oxygens (including phenoxy) is 1. The van der Waals surface area contributed by atoms with Gasteiger partial charge in [-0.15, -0.1) is 0 Å². The van der Waals surface area contributed by atoms with E-state index < -0.39 is 0 Å². The van der Waals surface area contributed by atoms with Gasteiger partial charge in [-0.2, -0.15) is 0 Å². The van der Waals surface area contributed by atoms with Crippen LogP contribution < -0.4 is 5.32 Å². The quantitative estimate of drug-likeness (QED) is 0.647. The molecule has 5 nitrogen and oxygen atoms in total. The van der Waals surface area contributed by atoms with E-state index in [2.05, 4.69) is 10.3 Å². The van der Waals surface area contributed by atoms with Gasteiger partial charge in [-0.1, -0.05) is 25.3 Å². The number of pyridine rings is 1. The summed E-state index contributed by atoms with van der Waals surface area (Å²) >= 11 is 0. The Balaban J connectivity index is 1.80. The highest BCUT2D eigenvalue weighted by molar-refractivity contribution is 5.78. The summed E-state index contributed by atoms with van der Waals surface area (Å²) in [7, 11) is 1.42. The number of nitrogens with one attached hydrogen (secondary N) is 1. The SMILES string of the molecule is COC(=O)[C@@H]1CCCCC[C@@H]1NC(=O)CCCc1ccccn1. The Kier molecular flexibility index (Phi) is 7.04. The first-order chi connectivity index (χ1) is 11.2. The third-order valence-electron chi connectivity index (χ3n) is 4.43. The minimum atomic E-state index is -0.206. The van der Waals surface area contributed by atoms with Gasteiger partial charge >= 0.3 is 5.97 Å². The second kappa shape index (κ2) is 9.28. The Morgan fingerprint density at radius 2 is 2.09 bits per heavy atom. The molecule has 0 spiro atoms. The number of aryl methyl sites for hydroxylation is 1. The second-order valence-electron chi connectivity index (χ2n) is 6.12. The summed E-state index contributed by atoms with van der Waals surface area (Å²) in [6.45, 7) is 0. The largest absolute Gasteiger partial charge is 0.469 e. The molecule has 1 aliphatic carbocycles. The van der Waals surface area contributed by atoms with Crippen LogP contribution in [0.2, 0.25) is 0 Å². The predicted molar refractivity (Wildman–Crippen MR) is 87.7 cm³/mol. The Labute approximate surface area is 137 Å². The Hall–Kier alpha value is -1.91. The third-order valence-corrected chi connectivity index (χ3v) is 4.43. The average Bonchev–Trinajstić information content (AvgIpc) is 2.80. The van der Waals surface area contributed by atoms with E-state index in [1.807, 2.05) is 18.2 Å². The molecular formula is C18H26N2O3. The number of carbonyl (C=O) groups excluding carboxylic acids is 2. The maximum absolute atomic E-state index is 12.2. The summed E-state index contributed by atoms with van der Waals surface area (Å²) in [5.74, 6) is -0.394. The van der Waals surface area contributed by atoms with E-state index in [1.165, 1.54) is 7.11 Å². The van der Waals surface area contributed by atoms with E-state index in [9.17, 15) is 9.59 Å². The third kappa shape index (κ3) is 5.66. The molecule has 0 unspecified atom stereocenters. The zero-order valence-electron chi connectivity index (χ0n) is 13.8. The van der Waals surface area contributed by atoms with Crippen LogP contribution in [0, 0.1) is 5.92 Å². The summed E-state index contributed by atoms with van der Waals surface area (Å²) in [4.78, 5) is 28.4. The number of hydrogen-bond donors (Lipinski definition) is 1. The van der Waals surface area contributed by atoms with Crippen LogP contribution >= 0.6 is 0 Å². The maximum Gasteiger partial charge on any atom is 0.310 e. The van der Waals surface area contributed by atoms with E-state index in [-0.39, 0.29) is 23.8 Å². The van der Waals surface area contributed by atoms with Crippen molar-refractivity contribution in [3.8, 4) is 0 Å². The van der Waals surface area contributed by atoms with Crippen LogP contribution in [0.25, 0.3) is 0 Å². The molecule has 0 bridgehead atoms. The van der Waals surface area contributed by atoms with Crippen LogP contribution in [0.4, 0.5) is 0 Å². The molecule has 1 fully saturated rings. The van der Waals surface area contributed by atoms with Crippen LogP contribution in [0.1, 0.15) is 50.6 Å². The molecule has 1 saturated carbocycles. The normalized spacial score (nSPS) is 21.3. The van der Waals surface area contributed by atoms with Gasteiger partial charge in [0, 0.05) is 24.4 Å². The van der Waals surface area contributed by atoms with Gasteiger partial charge in [0.25, 0.3) is 0 Å². The zero-order chi connectivity index (χ0) is 16.5. The van der Waals surface area contributed by atoms with Crippen molar-refractivity contribution in [2.24, 2.45) is 5.92 Å². The standard InChI is InChI=1S/C18H26N2O3/c1-23-18(22)15-10-3-2-4-11-16(15)20-17(21)12-7-9-14-8-5-6-13-19-14/h5-6,8,13,15-16H,2-4,7,9-12H2,1H3,(H,20,21)/t15-,16+/m1/s1. The second-order valence-corrected chi connectivity index (χ2v) is 6.12. The molecule has 0 aliphatic heterocycles. The van der Waals surface area contributed by atoms with E-state index >= 15 is 0 Å². The van der Waals surface area contributed by atoms with Crippen molar-refractivity contribution in [1.29, 1.82) is 0 Å². The van der Waals surface area contributed by atoms with Crippen molar-refractivity contribution >= 4 is 11.9 Å². The molecule has 0 radical (unpaired) electrons. The first kappa shape index (κ1) is 17.4. The van der Waals surface area contributed by atoms with E-state index in [0.717, 1.165) is 50.6 Å². The van der Waals surface area contributed by atoms with Crippen LogP contribution in [0.5, 0.6) is 0 Å². The monoisotopic (exact) mass is 318 g/mol. The van der Waals surface area contributed by atoms with E-state index in [0.29, 0.717) is 6.42 Å². The molecule has 1 amide bonds. The van der Waals surface area contributed by atoms with Gasteiger partial charge in [-0.25, -0.2) is 0 Å². The first-order valence-electron chi connectivity index (χ1n) is 8.48. The van der Waals surface area contributed by atoms with Crippen molar-refractivity contribution in [1.82, 2.24) is 10.3 Å². The molecule has 126 valence electrons. The molecule has 0 saturated heterocycles. The highest BCUT2D eigenvalue weighted by Gasteiger charge is 2.31. The summed E-state index contributed by atoms with van der Waals surface area (Å²) in [5, 5.41) is 3.05. The lowest BCUT2D eigenvalue weighted by atomic mass is 9.94. The fourth-order valence-electron chi connectivity index (χ4n) is 3.17. The lowest BCUT2D eigenvalue weighted by Crippen LogP contribution is -2.43. The van der Waals surface area contributed by atoms with Crippen molar-refractivity contribution in [3.05, 3.63) is 30.1 Å². The fourth-order valence-corrected chi connectivity index (χ4v) is 3.17. The van der Waals surface area contributed by atoms with Crippen molar-refractivity contribution in [3.63, 3.8) is 0 Å². The molecule has 5 heteroatoms. The van der Waals surface area contributed by atoms with Crippen LogP contribution in [0.3, 0.4) is 0 Å². The smallest absolute Gasteiger partial charge is 0.310 e. The number of esters is 1. The van der Waals surface area contributed by atoms with Gasteiger partial charge in [-0.3, -0.25) is 14.6 Å². The average molecular weight is 318 g/mol. The van der Waals surface area contributed by atoms with Crippen LogP contribution in [-0.2, 0) is 20.7 Å². The van der Waals surface area contributed by atoms with Crippen molar-refractivity contribution in [2.75, 3.05) is 7.11 Å². The zero-order valence-corrected chi connectivity index (χ0v) is 13.8. The van der Waals surface area contributed by atoms with Crippen LogP contribution in [0.15, 0.2) is 24.4 Å². The summed E-state index contributed by atoms with van der Waals surface area (Å²) in [6, 6.07) is 5.72. The number of rotatable bonds is 6. The number of nitrogens with zero attached hydrogens (tertiary/aromatic N) is 1. The number of aromatic nitrogens is 1. The number of hydrogen-bond acceptors (Lipinski definition) is 4. The molecule has 1 aromatic rings. The van der Waals surface area contributed by atoms with Gasteiger partial charge in [0.05, 0.1) is 13.0 Å². The molecule has 1 N–H and O–H groups in total. The first-order valence-corrected chi connectivity index (χ1v) is 8.48. The van der Waals surface area contributed by atoms with Gasteiger partial charge in [-0.05, 0) is 37.8 Å². The molecular weight excluding hydrogens is 292 g/mol. The Morgan fingerprint density at radius 1 is 1.26 bits per heavy atom. The van der Waals surface area contributed by atoms with Crippen LogP contribution in [-0.4, -0.2) is 30.0 Å². The molecule has 0 aromatic carbocycles. The summed E-state index contributed by atoms with van der Waals surface area (Å²) in [5.41, 5.74) is 1.00. The van der Waals surface area contributed by atoms with Gasteiger partial charge in [0.2, 0.25) is 5.91 Å². The molecule has 23 heavy (non-hydrogen) atoms.